The predicted octanol–water partition coefficient (Wildman–Crippen LogP) is 3.50. The maximum absolute atomic E-state index is 11.0. The lowest BCUT2D eigenvalue weighted by atomic mass is 9.90. The highest BCUT2D eigenvalue weighted by Gasteiger charge is 2.17. The second kappa shape index (κ2) is 6.18. The molecule has 0 atom stereocenters. The van der Waals surface area contributed by atoms with Crippen LogP contribution in [-0.4, -0.2) is 22.7 Å². The van der Waals surface area contributed by atoms with Crippen molar-refractivity contribution in [2.75, 3.05) is 6.61 Å². The summed E-state index contributed by atoms with van der Waals surface area (Å²) in [6.07, 6.45) is 7.60. The average Bonchev–Trinajstić information content (AvgIpc) is 2.37. The molecule has 0 saturated heterocycles. The Hall–Kier alpha value is -1.10. The number of hydrogen-bond acceptors (Lipinski definition) is 3. The van der Waals surface area contributed by atoms with Crippen LogP contribution in [0, 0.1) is 5.92 Å². The van der Waals surface area contributed by atoms with Gasteiger partial charge in [0.25, 0.3) is 0 Å². The minimum absolute atomic E-state index is 0.0194. The van der Waals surface area contributed by atoms with Crippen molar-refractivity contribution in [2.45, 2.75) is 32.1 Å². The van der Waals surface area contributed by atoms with Gasteiger partial charge < -0.3 is 9.84 Å². The van der Waals surface area contributed by atoms with E-state index in [-0.39, 0.29) is 5.69 Å². The third kappa shape index (κ3) is 3.45. The van der Waals surface area contributed by atoms with Crippen molar-refractivity contribution in [1.82, 2.24) is 4.98 Å². The molecule has 0 bridgehead atoms. The van der Waals surface area contributed by atoms with E-state index in [1.54, 1.807) is 6.07 Å². The molecule has 0 aliphatic heterocycles. The SMILES string of the molecule is O=C(O)c1ncc(Br)cc1OCC1CCCCC1. The number of carboxylic acids is 1. The largest absolute Gasteiger partial charge is 0.491 e. The fourth-order valence-corrected chi connectivity index (χ4v) is 2.56. The van der Waals surface area contributed by atoms with E-state index in [0.717, 1.165) is 4.47 Å². The van der Waals surface area contributed by atoms with E-state index < -0.39 is 5.97 Å². The Morgan fingerprint density at radius 3 is 2.83 bits per heavy atom. The van der Waals surface area contributed by atoms with Crippen molar-refractivity contribution in [3.63, 3.8) is 0 Å². The summed E-state index contributed by atoms with van der Waals surface area (Å²) in [4.78, 5) is 14.9. The van der Waals surface area contributed by atoms with E-state index in [9.17, 15) is 4.79 Å². The number of nitrogens with zero attached hydrogens (tertiary/aromatic N) is 1. The lowest BCUT2D eigenvalue weighted by Gasteiger charge is -2.21. The van der Waals surface area contributed by atoms with Crippen molar-refractivity contribution < 1.29 is 14.6 Å². The molecular formula is C13H16BrNO3. The van der Waals surface area contributed by atoms with E-state index in [2.05, 4.69) is 20.9 Å². The quantitative estimate of drug-likeness (QED) is 0.924. The molecule has 2 rings (SSSR count). The van der Waals surface area contributed by atoms with E-state index >= 15 is 0 Å². The van der Waals surface area contributed by atoms with Gasteiger partial charge in [-0.3, -0.25) is 0 Å². The first-order chi connectivity index (χ1) is 8.66. The van der Waals surface area contributed by atoms with Crippen molar-refractivity contribution in [2.24, 2.45) is 5.92 Å². The van der Waals surface area contributed by atoms with Crippen LogP contribution >= 0.6 is 15.9 Å². The predicted molar refractivity (Wildman–Crippen MR) is 71.0 cm³/mol. The Balaban J connectivity index is 2.03. The van der Waals surface area contributed by atoms with Crippen LogP contribution in [0.5, 0.6) is 5.75 Å². The minimum Gasteiger partial charge on any atom is -0.491 e. The Kier molecular flexibility index (Phi) is 4.58. The summed E-state index contributed by atoms with van der Waals surface area (Å²) in [6.45, 7) is 0.582. The summed E-state index contributed by atoms with van der Waals surface area (Å²) in [5.74, 6) is -0.164. The molecule has 5 heteroatoms. The number of hydrogen-bond donors (Lipinski definition) is 1. The third-order valence-corrected chi connectivity index (χ3v) is 3.65. The molecule has 1 aliphatic rings. The summed E-state index contributed by atoms with van der Waals surface area (Å²) in [7, 11) is 0. The zero-order chi connectivity index (χ0) is 13.0. The molecule has 1 N–H and O–H groups in total. The van der Waals surface area contributed by atoms with E-state index in [4.69, 9.17) is 9.84 Å². The molecule has 0 spiro atoms. The van der Waals surface area contributed by atoms with Crippen LogP contribution < -0.4 is 4.74 Å². The molecule has 1 aromatic rings. The van der Waals surface area contributed by atoms with Crippen LogP contribution in [0.3, 0.4) is 0 Å². The zero-order valence-electron chi connectivity index (χ0n) is 10.1. The molecule has 1 saturated carbocycles. The smallest absolute Gasteiger partial charge is 0.358 e. The molecule has 0 unspecified atom stereocenters. The van der Waals surface area contributed by atoms with E-state index in [0.29, 0.717) is 18.3 Å². The standard InChI is InChI=1S/C13H16BrNO3/c14-10-6-11(12(13(16)17)15-7-10)18-8-9-4-2-1-3-5-9/h6-7,9H,1-5,8H2,(H,16,17). The van der Waals surface area contributed by atoms with E-state index in [1.165, 1.54) is 38.3 Å². The first-order valence-electron chi connectivity index (χ1n) is 6.18. The molecule has 98 valence electrons. The van der Waals surface area contributed by atoms with Crippen LogP contribution in [0.15, 0.2) is 16.7 Å². The van der Waals surface area contributed by atoms with Gasteiger partial charge in [0.05, 0.1) is 6.61 Å². The van der Waals surface area contributed by atoms with E-state index in [1.807, 2.05) is 0 Å². The fraction of sp³-hybridized carbons (Fsp3) is 0.538. The first kappa shape index (κ1) is 13.3. The van der Waals surface area contributed by atoms with Gasteiger partial charge in [0.2, 0.25) is 0 Å². The van der Waals surface area contributed by atoms with Crippen LogP contribution in [-0.2, 0) is 0 Å². The van der Waals surface area contributed by atoms with Crippen LogP contribution in [0.1, 0.15) is 42.6 Å². The number of ether oxygens (including phenoxy) is 1. The summed E-state index contributed by atoms with van der Waals surface area (Å²) in [6, 6.07) is 1.67. The second-order valence-electron chi connectivity index (χ2n) is 4.62. The van der Waals surface area contributed by atoms with Gasteiger partial charge >= 0.3 is 5.97 Å². The number of pyridine rings is 1. The molecule has 4 nitrogen and oxygen atoms in total. The number of carboxylic acid groups (broad SMARTS) is 1. The molecule has 1 heterocycles. The Bertz CT molecular complexity index is 430. The highest BCUT2D eigenvalue weighted by molar-refractivity contribution is 9.10. The van der Waals surface area contributed by atoms with Gasteiger partial charge in [-0.25, -0.2) is 9.78 Å². The summed E-state index contributed by atoms with van der Waals surface area (Å²) < 4.78 is 6.37. The lowest BCUT2D eigenvalue weighted by Crippen LogP contribution is -2.16. The summed E-state index contributed by atoms with van der Waals surface area (Å²) in [5.41, 5.74) is -0.0194. The molecule has 0 radical (unpaired) electrons. The van der Waals surface area contributed by atoms with Gasteiger partial charge in [-0.1, -0.05) is 19.3 Å². The lowest BCUT2D eigenvalue weighted by molar-refractivity contribution is 0.0683. The molecular weight excluding hydrogens is 298 g/mol. The molecule has 1 fully saturated rings. The fourth-order valence-electron chi connectivity index (χ4n) is 2.25. The van der Waals surface area contributed by atoms with Crippen molar-refractivity contribution >= 4 is 21.9 Å². The number of aromatic nitrogens is 1. The van der Waals surface area contributed by atoms with Gasteiger partial charge in [-0.2, -0.15) is 0 Å². The van der Waals surface area contributed by atoms with Crippen LogP contribution in [0.25, 0.3) is 0 Å². The van der Waals surface area contributed by atoms with Gasteiger partial charge in [0, 0.05) is 10.7 Å². The van der Waals surface area contributed by atoms with Crippen molar-refractivity contribution in [3.05, 3.63) is 22.4 Å². The number of aromatic carboxylic acids is 1. The number of halogens is 1. The average molecular weight is 314 g/mol. The number of carbonyl (C=O) groups is 1. The highest BCUT2D eigenvalue weighted by Crippen LogP contribution is 2.26. The van der Waals surface area contributed by atoms with Gasteiger partial charge in [0.1, 0.15) is 0 Å². The molecule has 18 heavy (non-hydrogen) atoms. The van der Waals surface area contributed by atoms with Gasteiger partial charge in [0.15, 0.2) is 11.4 Å². The molecule has 0 aromatic carbocycles. The third-order valence-electron chi connectivity index (χ3n) is 3.22. The van der Waals surface area contributed by atoms with Crippen LogP contribution in [0.4, 0.5) is 0 Å². The normalized spacial score (nSPS) is 16.5. The van der Waals surface area contributed by atoms with Crippen molar-refractivity contribution in [3.8, 4) is 5.75 Å². The molecule has 0 amide bonds. The van der Waals surface area contributed by atoms with Gasteiger partial charge in [-0.05, 0) is 40.8 Å². The Morgan fingerprint density at radius 2 is 2.17 bits per heavy atom. The Labute approximate surface area is 115 Å². The first-order valence-corrected chi connectivity index (χ1v) is 6.98. The summed E-state index contributed by atoms with van der Waals surface area (Å²) in [5, 5.41) is 9.04. The topological polar surface area (TPSA) is 59.4 Å². The molecule has 1 aliphatic carbocycles. The van der Waals surface area contributed by atoms with Crippen molar-refractivity contribution in [1.29, 1.82) is 0 Å². The summed E-state index contributed by atoms with van der Waals surface area (Å²) >= 11 is 3.28. The maximum Gasteiger partial charge on any atom is 0.358 e. The second-order valence-corrected chi connectivity index (χ2v) is 5.54. The monoisotopic (exact) mass is 313 g/mol. The maximum atomic E-state index is 11.0. The van der Waals surface area contributed by atoms with Gasteiger partial charge in [-0.15, -0.1) is 0 Å². The zero-order valence-corrected chi connectivity index (χ0v) is 11.6. The minimum atomic E-state index is -1.05. The highest BCUT2D eigenvalue weighted by atomic mass is 79.9. The molecule has 1 aromatic heterocycles. The number of rotatable bonds is 4. The van der Waals surface area contributed by atoms with Crippen LogP contribution in [0.2, 0.25) is 0 Å². The Morgan fingerprint density at radius 1 is 1.44 bits per heavy atom.